The van der Waals surface area contributed by atoms with Crippen molar-refractivity contribution in [2.75, 3.05) is 11.4 Å². The number of nitrogens with zero attached hydrogens (tertiary/aromatic N) is 3. The van der Waals surface area contributed by atoms with Crippen molar-refractivity contribution in [3.63, 3.8) is 0 Å². The van der Waals surface area contributed by atoms with Gasteiger partial charge >= 0.3 is 0 Å². The number of pyridine rings is 1. The lowest BCUT2D eigenvalue weighted by Crippen LogP contribution is -2.40. The summed E-state index contributed by atoms with van der Waals surface area (Å²) < 4.78 is 0. The number of imidazole rings is 1. The van der Waals surface area contributed by atoms with Gasteiger partial charge in [0.25, 0.3) is 0 Å². The Balaban J connectivity index is 1.50. The van der Waals surface area contributed by atoms with E-state index in [4.69, 9.17) is 15.7 Å². The van der Waals surface area contributed by atoms with Crippen LogP contribution in [-0.2, 0) is 13.0 Å². The van der Waals surface area contributed by atoms with E-state index in [1.165, 1.54) is 47.3 Å². The summed E-state index contributed by atoms with van der Waals surface area (Å²) in [5, 5.41) is 3.71. The third kappa shape index (κ3) is 4.88. The van der Waals surface area contributed by atoms with E-state index >= 15 is 0 Å². The SMILES string of the molecule is NCc1cc(C2CCCCN2)ccc1N(C1CCCc2cccnc21)C(c1ncc[nH]1)C1C=CC=CC1. The molecular formula is C31H38N6. The predicted molar refractivity (Wildman–Crippen MR) is 149 cm³/mol. The molecule has 2 aromatic heterocycles. The molecule has 6 rings (SSSR count). The lowest BCUT2D eigenvalue weighted by molar-refractivity contribution is 0.389. The molecule has 0 bridgehead atoms. The molecule has 0 saturated carbocycles. The maximum absolute atomic E-state index is 6.50. The van der Waals surface area contributed by atoms with Crippen LogP contribution in [0.1, 0.15) is 84.9 Å². The van der Waals surface area contributed by atoms with E-state index in [9.17, 15) is 0 Å². The quantitative estimate of drug-likeness (QED) is 0.385. The summed E-state index contributed by atoms with van der Waals surface area (Å²) in [5.74, 6) is 1.28. The number of benzene rings is 1. The topological polar surface area (TPSA) is 82.9 Å². The standard InChI is InChI=1S/C31H38N6/c32-21-25-20-24(26-12-4-5-16-33-26)14-15-27(25)37(28-13-6-10-22-11-7-17-34-29(22)28)30(31-35-18-19-36-31)23-8-2-1-3-9-23/h1-3,7-8,11,14-15,17-20,23,26,28,30,33H,4-6,9-10,12-13,16,21,32H2,(H,35,36). The molecule has 192 valence electrons. The second kappa shape index (κ2) is 11.0. The van der Waals surface area contributed by atoms with Crippen LogP contribution < -0.4 is 16.0 Å². The summed E-state index contributed by atoms with van der Waals surface area (Å²) in [4.78, 5) is 15.9. The number of allylic oxidation sites excluding steroid dienone is 3. The Morgan fingerprint density at radius 1 is 1.05 bits per heavy atom. The van der Waals surface area contributed by atoms with Crippen LogP contribution in [0, 0.1) is 5.92 Å². The summed E-state index contributed by atoms with van der Waals surface area (Å²) in [7, 11) is 0. The predicted octanol–water partition coefficient (Wildman–Crippen LogP) is 5.84. The highest BCUT2D eigenvalue weighted by Gasteiger charge is 2.38. The molecule has 4 unspecified atom stereocenters. The minimum Gasteiger partial charge on any atom is -0.352 e. The summed E-state index contributed by atoms with van der Waals surface area (Å²) in [6, 6.07) is 11.9. The smallest absolute Gasteiger partial charge is 0.129 e. The minimum absolute atomic E-state index is 0.0399. The molecule has 4 N–H and O–H groups in total. The Kier molecular flexibility index (Phi) is 7.20. The van der Waals surface area contributed by atoms with E-state index in [-0.39, 0.29) is 18.0 Å². The summed E-state index contributed by atoms with van der Waals surface area (Å²) in [6.45, 7) is 1.59. The molecule has 1 aliphatic heterocycles. The van der Waals surface area contributed by atoms with Crippen LogP contribution in [0.15, 0.2) is 73.2 Å². The molecule has 0 radical (unpaired) electrons. The van der Waals surface area contributed by atoms with Crippen molar-refractivity contribution in [2.24, 2.45) is 11.7 Å². The van der Waals surface area contributed by atoms with Gasteiger partial charge in [-0.1, -0.05) is 48.9 Å². The van der Waals surface area contributed by atoms with Crippen molar-refractivity contribution in [2.45, 2.75) is 69.6 Å². The van der Waals surface area contributed by atoms with Crippen molar-refractivity contribution < 1.29 is 0 Å². The first-order valence-electron chi connectivity index (χ1n) is 13.9. The Morgan fingerprint density at radius 3 is 2.81 bits per heavy atom. The maximum atomic E-state index is 6.50. The number of hydrogen-bond donors (Lipinski definition) is 3. The number of piperidine rings is 1. The second-order valence-electron chi connectivity index (χ2n) is 10.6. The number of aromatic amines is 1. The molecule has 37 heavy (non-hydrogen) atoms. The van der Waals surface area contributed by atoms with Crippen molar-refractivity contribution in [1.29, 1.82) is 0 Å². The van der Waals surface area contributed by atoms with Gasteiger partial charge < -0.3 is 20.9 Å². The molecule has 3 aliphatic rings. The Morgan fingerprint density at radius 2 is 2.03 bits per heavy atom. The van der Waals surface area contributed by atoms with Gasteiger partial charge in [-0.2, -0.15) is 0 Å². The molecule has 6 nitrogen and oxygen atoms in total. The van der Waals surface area contributed by atoms with Gasteiger partial charge in [0.15, 0.2) is 0 Å². The zero-order chi connectivity index (χ0) is 25.0. The van der Waals surface area contributed by atoms with Crippen molar-refractivity contribution in [3.8, 4) is 0 Å². The first-order chi connectivity index (χ1) is 18.3. The summed E-state index contributed by atoms with van der Waals surface area (Å²) in [5.41, 5.74) is 12.8. The number of aryl methyl sites for hydroxylation is 1. The third-order valence-electron chi connectivity index (χ3n) is 8.33. The molecule has 0 spiro atoms. The molecule has 2 aliphatic carbocycles. The maximum Gasteiger partial charge on any atom is 0.129 e. The highest BCUT2D eigenvalue weighted by atomic mass is 15.2. The largest absolute Gasteiger partial charge is 0.352 e. The number of nitrogens with one attached hydrogen (secondary N) is 2. The van der Waals surface area contributed by atoms with E-state index in [0.29, 0.717) is 12.6 Å². The molecule has 1 fully saturated rings. The fourth-order valence-electron chi connectivity index (χ4n) is 6.56. The highest BCUT2D eigenvalue weighted by molar-refractivity contribution is 5.59. The number of rotatable bonds is 7. The molecule has 6 heteroatoms. The van der Waals surface area contributed by atoms with Crippen LogP contribution in [0.25, 0.3) is 0 Å². The normalized spacial score (nSPS) is 24.0. The Labute approximate surface area is 220 Å². The molecule has 4 atom stereocenters. The average molecular weight is 495 g/mol. The fraction of sp³-hybridized carbons (Fsp3) is 0.419. The molecular weight excluding hydrogens is 456 g/mol. The average Bonchev–Trinajstić information content (AvgIpc) is 3.51. The van der Waals surface area contributed by atoms with Gasteiger partial charge in [0.05, 0.1) is 17.8 Å². The van der Waals surface area contributed by atoms with Gasteiger partial charge in [0.1, 0.15) is 5.82 Å². The number of nitrogens with two attached hydrogens (primary N) is 1. The van der Waals surface area contributed by atoms with Crippen LogP contribution >= 0.6 is 0 Å². The summed E-state index contributed by atoms with van der Waals surface area (Å²) in [6.07, 6.45) is 22.7. The number of H-pyrrole nitrogens is 1. The zero-order valence-corrected chi connectivity index (χ0v) is 21.5. The van der Waals surface area contributed by atoms with Crippen molar-refractivity contribution >= 4 is 5.69 Å². The van der Waals surface area contributed by atoms with Crippen LogP contribution in [0.2, 0.25) is 0 Å². The summed E-state index contributed by atoms with van der Waals surface area (Å²) >= 11 is 0. The monoisotopic (exact) mass is 494 g/mol. The van der Waals surface area contributed by atoms with Crippen molar-refractivity contribution in [3.05, 3.63) is 101 Å². The second-order valence-corrected chi connectivity index (χ2v) is 10.6. The van der Waals surface area contributed by atoms with Gasteiger partial charge in [-0.3, -0.25) is 4.98 Å². The van der Waals surface area contributed by atoms with Gasteiger partial charge in [-0.05, 0) is 73.9 Å². The van der Waals surface area contributed by atoms with E-state index in [0.717, 1.165) is 38.1 Å². The van der Waals surface area contributed by atoms with Gasteiger partial charge in [0, 0.05) is 42.8 Å². The Bertz CT molecular complexity index is 1240. The zero-order valence-electron chi connectivity index (χ0n) is 21.5. The van der Waals surface area contributed by atoms with E-state index in [1.54, 1.807) is 0 Å². The number of fused-ring (bicyclic) bond motifs is 1. The van der Waals surface area contributed by atoms with Crippen LogP contribution in [0.4, 0.5) is 5.69 Å². The molecule has 3 heterocycles. The van der Waals surface area contributed by atoms with E-state index < -0.39 is 0 Å². The third-order valence-corrected chi connectivity index (χ3v) is 8.33. The molecule has 1 aromatic carbocycles. The van der Waals surface area contributed by atoms with Gasteiger partial charge in [-0.15, -0.1) is 0 Å². The Hall–Kier alpha value is -3.22. The number of anilines is 1. The molecule has 1 saturated heterocycles. The van der Waals surface area contributed by atoms with Crippen LogP contribution in [0.3, 0.4) is 0 Å². The number of aromatic nitrogens is 3. The van der Waals surface area contributed by atoms with Crippen molar-refractivity contribution in [1.82, 2.24) is 20.3 Å². The lowest BCUT2D eigenvalue weighted by Gasteiger charge is -2.44. The van der Waals surface area contributed by atoms with E-state index in [1.807, 2.05) is 18.6 Å². The van der Waals surface area contributed by atoms with E-state index in [2.05, 4.69) is 69.8 Å². The first-order valence-corrected chi connectivity index (χ1v) is 13.9. The van der Waals surface area contributed by atoms with Crippen LogP contribution in [0.5, 0.6) is 0 Å². The molecule has 0 amide bonds. The van der Waals surface area contributed by atoms with Gasteiger partial charge in [0.2, 0.25) is 0 Å². The van der Waals surface area contributed by atoms with Crippen LogP contribution in [-0.4, -0.2) is 21.5 Å². The van der Waals surface area contributed by atoms with Gasteiger partial charge in [-0.25, -0.2) is 4.98 Å². The first kappa shape index (κ1) is 24.1. The number of hydrogen-bond acceptors (Lipinski definition) is 5. The fourth-order valence-corrected chi connectivity index (χ4v) is 6.56. The highest BCUT2D eigenvalue weighted by Crippen LogP contribution is 2.46. The molecule has 3 aromatic rings. The lowest BCUT2D eigenvalue weighted by atomic mass is 9.84. The minimum atomic E-state index is 0.0399.